The van der Waals surface area contributed by atoms with Gasteiger partial charge in [0.25, 0.3) is 0 Å². The summed E-state index contributed by atoms with van der Waals surface area (Å²) in [5.74, 6) is 0.0529. The van der Waals surface area contributed by atoms with Crippen molar-refractivity contribution in [3.8, 4) is 0 Å². The molecule has 1 unspecified atom stereocenters. The van der Waals surface area contributed by atoms with Gasteiger partial charge in [0.15, 0.2) is 0 Å². The molecule has 136 valence electrons. The second-order valence-electron chi connectivity index (χ2n) is 7.08. The molecule has 1 heterocycles. The highest BCUT2D eigenvalue weighted by atomic mass is 19.1. The maximum absolute atomic E-state index is 13.5. The average Bonchev–Trinajstić information content (AvgIpc) is 2.97. The molecule has 8 heteroatoms. The van der Waals surface area contributed by atoms with E-state index in [2.05, 4.69) is 15.5 Å². The third-order valence-electron chi connectivity index (χ3n) is 4.15. The summed E-state index contributed by atoms with van der Waals surface area (Å²) in [5, 5.41) is 11.4. The van der Waals surface area contributed by atoms with Crippen molar-refractivity contribution in [2.45, 2.75) is 33.2 Å². The van der Waals surface area contributed by atoms with Gasteiger partial charge in [-0.3, -0.25) is 4.79 Å². The lowest BCUT2D eigenvalue weighted by molar-refractivity contribution is -0.135. The Bertz CT molecular complexity index is 729. The molecule has 25 heavy (non-hydrogen) atoms. The molecule has 0 saturated carbocycles. The van der Waals surface area contributed by atoms with E-state index in [1.54, 1.807) is 31.0 Å². The summed E-state index contributed by atoms with van der Waals surface area (Å²) in [7, 11) is 1.73. The standard InChI is InChI=1S/C17H25FN6O/c1-12-20-21-22-24(12)15(9-13-6-5-7-14(18)8-13)16(25)23(4)11-17(2,3)10-19/h5-8,15H,9-11,19H2,1-4H3. The van der Waals surface area contributed by atoms with Crippen LogP contribution in [-0.4, -0.2) is 51.2 Å². The van der Waals surface area contributed by atoms with Crippen LogP contribution in [0.3, 0.4) is 0 Å². The first kappa shape index (κ1) is 19.0. The SMILES string of the molecule is Cc1nnnn1C(Cc1cccc(F)c1)C(=O)N(C)CC(C)(C)CN. The molecule has 0 aliphatic rings. The molecule has 2 N–H and O–H groups in total. The zero-order valence-electron chi connectivity index (χ0n) is 15.1. The number of aryl methyl sites for hydroxylation is 1. The van der Waals surface area contributed by atoms with Gasteiger partial charge in [0.1, 0.15) is 17.7 Å². The zero-order chi connectivity index (χ0) is 18.6. The third-order valence-corrected chi connectivity index (χ3v) is 4.15. The minimum atomic E-state index is -0.643. The number of amides is 1. The molecule has 0 bridgehead atoms. The molecule has 2 rings (SSSR count). The van der Waals surface area contributed by atoms with Crippen molar-refractivity contribution in [3.05, 3.63) is 41.5 Å². The van der Waals surface area contributed by atoms with Crippen LogP contribution in [0.1, 0.15) is 31.3 Å². The van der Waals surface area contributed by atoms with Gasteiger partial charge in [-0.15, -0.1) is 5.10 Å². The van der Waals surface area contributed by atoms with Gasteiger partial charge in [-0.25, -0.2) is 9.07 Å². The molecular weight excluding hydrogens is 323 g/mol. The topological polar surface area (TPSA) is 89.9 Å². The maximum atomic E-state index is 13.5. The number of tetrazole rings is 1. The summed E-state index contributed by atoms with van der Waals surface area (Å²) in [6.07, 6.45) is 0.301. The molecule has 1 atom stereocenters. The van der Waals surface area contributed by atoms with Crippen molar-refractivity contribution in [1.29, 1.82) is 0 Å². The third kappa shape index (κ3) is 4.82. The monoisotopic (exact) mass is 348 g/mol. The van der Waals surface area contributed by atoms with E-state index in [-0.39, 0.29) is 17.1 Å². The van der Waals surface area contributed by atoms with Crippen LogP contribution in [0, 0.1) is 18.2 Å². The number of hydrogen-bond donors (Lipinski definition) is 1. The summed E-state index contributed by atoms with van der Waals surface area (Å²) in [5.41, 5.74) is 6.28. The van der Waals surface area contributed by atoms with E-state index in [9.17, 15) is 9.18 Å². The predicted octanol–water partition coefficient (Wildman–Crippen LogP) is 1.35. The minimum absolute atomic E-state index is 0.138. The number of halogens is 1. The van der Waals surface area contributed by atoms with Crippen molar-refractivity contribution in [2.75, 3.05) is 20.1 Å². The maximum Gasteiger partial charge on any atom is 0.247 e. The lowest BCUT2D eigenvalue weighted by Gasteiger charge is -2.31. The van der Waals surface area contributed by atoms with Gasteiger partial charge in [0.2, 0.25) is 5.91 Å². The second kappa shape index (κ2) is 7.69. The van der Waals surface area contributed by atoms with Gasteiger partial charge in [0, 0.05) is 20.0 Å². The van der Waals surface area contributed by atoms with Gasteiger partial charge in [-0.1, -0.05) is 26.0 Å². The van der Waals surface area contributed by atoms with E-state index >= 15 is 0 Å². The summed E-state index contributed by atoms with van der Waals surface area (Å²) in [4.78, 5) is 14.7. The first-order chi connectivity index (χ1) is 11.7. The molecule has 2 aromatic rings. The fourth-order valence-electron chi connectivity index (χ4n) is 2.73. The fraction of sp³-hybridized carbons (Fsp3) is 0.529. The van der Waals surface area contributed by atoms with Gasteiger partial charge in [0.05, 0.1) is 0 Å². The number of carbonyl (C=O) groups excluding carboxylic acids is 1. The van der Waals surface area contributed by atoms with Crippen LogP contribution >= 0.6 is 0 Å². The number of benzene rings is 1. The Hall–Kier alpha value is -2.35. The highest BCUT2D eigenvalue weighted by Gasteiger charge is 2.30. The summed E-state index contributed by atoms with van der Waals surface area (Å²) >= 11 is 0. The second-order valence-corrected chi connectivity index (χ2v) is 7.08. The predicted molar refractivity (Wildman–Crippen MR) is 92.2 cm³/mol. The Morgan fingerprint density at radius 3 is 2.72 bits per heavy atom. The molecule has 7 nitrogen and oxygen atoms in total. The van der Waals surface area contributed by atoms with Crippen LogP contribution in [0.15, 0.2) is 24.3 Å². The van der Waals surface area contributed by atoms with Gasteiger partial charge in [-0.2, -0.15) is 0 Å². The number of rotatable bonds is 7. The Morgan fingerprint density at radius 1 is 1.44 bits per heavy atom. The number of nitrogens with zero attached hydrogens (tertiary/aromatic N) is 5. The van der Waals surface area contributed by atoms with E-state index in [4.69, 9.17) is 5.73 Å². The Balaban J connectivity index is 2.28. The van der Waals surface area contributed by atoms with Crippen LogP contribution in [-0.2, 0) is 11.2 Å². The largest absolute Gasteiger partial charge is 0.343 e. The zero-order valence-corrected chi connectivity index (χ0v) is 15.1. The van der Waals surface area contributed by atoms with Gasteiger partial charge < -0.3 is 10.6 Å². The van der Waals surface area contributed by atoms with E-state index < -0.39 is 6.04 Å². The fourth-order valence-corrected chi connectivity index (χ4v) is 2.73. The molecule has 1 amide bonds. The molecule has 0 aliphatic heterocycles. The van der Waals surface area contributed by atoms with E-state index in [1.807, 2.05) is 13.8 Å². The average molecular weight is 348 g/mol. The molecule has 0 fully saturated rings. The Kier molecular flexibility index (Phi) is 5.84. The van der Waals surface area contributed by atoms with Crippen molar-refractivity contribution in [2.24, 2.45) is 11.1 Å². The summed E-state index contributed by atoms with van der Waals surface area (Å²) in [6.45, 7) is 6.70. The highest BCUT2D eigenvalue weighted by molar-refractivity contribution is 5.80. The van der Waals surface area contributed by atoms with Crippen LogP contribution < -0.4 is 5.73 Å². The summed E-state index contributed by atoms with van der Waals surface area (Å²) < 4.78 is 15.0. The molecular formula is C17H25FN6O. The number of hydrogen-bond acceptors (Lipinski definition) is 5. The first-order valence-corrected chi connectivity index (χ1v) is 8.17. The number of nitrogens with two attached hydrogens (primary N) is 1. The van der Waals surface area contributed by atoms with Crippen molar-refractivity contribution >= 4 is 5.91 Å². The smallest absolute Gasteiger partial charge is 0.247 e. The minimum Gasteiger partial charge on any atom is -0.343 e. The van der Waals surface area contributed by atoms with E-state index in [1.165, 1.54) is 16.8 Å². The number of aromatic nitrogens is 4. The molecule has 1 aromatic carbocycles. The lowest BCUT2D eigenvalue weighted by Crippen LogP contribution is -2.43. The van der Waals surface area contributed by atoms with Crippen LogP contribution in [0.2, 0.25) is 0 Å². The van der Waals surface area contributed by atoms with Crippen LogP contribution in [0.25, 0.3) is 0 Å². The Labute approximate surface area is 147 Å². The molecule has 1 aromatic heterocycles. The van der Waals surface area contributed by atoms with E-state index in [0.717, 1.165) is 0 Å². The van der Waals surface area contributed by atoms with Crippen molar-refractivity contribution in [1.82, 2.24) is 25.1 Å². The van der Waals surface area contributed by atoms with Gasteiger partial charge >= 0.3 is 0 Å². The lowest BCUT2D eigenvalue weighted by atomic mass is 9.93. The molecule has 0 aliphatic carbocycles. The quantitative estimate of drug-likeness (QED) is 0.816. The van der Waals surface area contributed by atoms with Gasteiger partial charge in [-0.05, 0) is 47.0 Å². The highest BCUT2D eigenvalue weighted by Crippen LogP contribution is 2.21. The van der Waals surface area contributed by atoms with Crippen molar-refractivity contribution < 1.29 is 9.18 Å². The number of carbonyl (C=O) groups is 1. The van der Waals surface area contributed by atoms with Crippen LogP contribution in [0.5, 0.6) is 0 Å². The molecule has 0 radical (unpaired) electrons. The summed E-state index contributed by atoms with van der Waals surface area (Å²) in [6, 6.07) is 5.56. The van der Waals surface area contributed by atoms with Crippen molar-refractivity contribution in [3.63, 3.8) is 0 Å². The molecule has 0 saturated heterocycles. The first-order valence-electron chi connectivity index (χ1n) is 8.17. The Morgan fingerprint density at radius 2 is 2.16 bits per heavy atom. The normalized spacial score (nSPS) is 12.9. The van der Waals surface area contributed by atoms with E-state index in [0.29, 0.717) is 30.9 Å². The van der Waals surface area contributed by atoms with Crippen LogP contribution in [0.4, 0.5) is 4.39 Å². The number of likely N-dealkylation sites (N-methyl/N-ethyl adjacent to an activating group) is 1. The molecule has 0 spiro atoms.